The van der Waals surface area contributed by atoms with Crippen LogP contribution in [0, 0.1) is 11.3 Å². The number of imide groups is 1. The Kier molecular flexibility index (Phi) is 7.82. The topological polar surface area (TPSA) is 141 Å². The van der Waals surface area contributed by atoms with Crippen molar-refractivity contribution in [3.05, 3.63) is 64.4 Å². The van der Waals surface area contributed by atoms with Crippen LogP contribution in [0.4, 0.5) is 24.5 Å². The average molecular weight is 653 g/mol. The Labute approximate surface area is 233 Å². The molecule has 0 spiro atoms. The van der Waals surface area contributed by atoms with Crippen molar-refractivity contribution < 1.29 is 37.1 Å². The molecule has 10 nitrogen and oxygen atoms in total. The predicted molar refractivity (Wildman–Crippen MR) is 139 cm³/mol. The highest BCUT2D eigenvalue weighted by atomic mass is 127. The molecule has 202 valence electrons. The van der Waals surface area contributed by atoms with Crippen molar-refractivity contribution in [2.75, 3.05) is 8.85 Å². The zero-order valence-corrected chi connectivity index (χ0v) is 22.3. The number of alkyl halides is 3. The minimum atomic E-state index is -4.54. The second-order valence-corrected chi connectivity index (χ2v) is 9.21. The first-order chi connectivity index (χ1) is 18.4. The van der Waals surface area contributed by atoms with E-state index in [4.69, 9.17) is 4.74 Å². The third-order valence-corrected chi connectivity index (χ3v) is 6.74. The Hall–Kier alpha value is -4.13. The average Bonchev–Trinajstić information content (AvgIpc) is 3.19. The summed E-state index contributed by atoms with van der Waals surface area (Å²) in [5.74, 6) is -2.29. The fourth-order valence-corrected chi connectivity index (χ4v) is 4.71. The van der Waals surface area contributed by atoms with Crippen molar-refractivity contribution in [3.8, 4) is 11.8 Å². The van der Waals surface area contributed by atoms with Gasteiger partial charge in [-0.1, -0.05) is 0 Å². The Balaban J connectivity index is 1.55. The van der Waals surface area contributed by atoms with Gasteiger partial charge in [-0.05, 0) is 43.7 Å². The zero-order valence-electron chi connectivity index (χ0n) is 20.1. The van der Waals surface area contributed by atoms with Crippen molar-refractivity contribution in [2.24, 2.45) is 0 Å². The van der Waals surface area contributed by atoms with E-state index in [9.17, 15) is 37.6 Å². The molecular formula is C25H19F3IN5O5. The first kappa shape index (κ1) is 27.9. The van der Waals surface area contributed by atoms with Crippen LogP contribution in [0.25, 0.3) is 0 Å². The summed E-state index contributed by atoms with van der Waals surface area (Å²) in [4.78, 5) is 51.1. The summed E-state index contributed by atoms with van der Waals surface area (Å²) in [6, 6.07) is 7.61. The molecule has 3 N–H and O–H groups in total. The molecule has 2 aliphatic rings. The Morgan fingerprint density at radius 1 is 1.21 bits per heavy atom. The van der Waals surface area contributed by atoms with Gasteiger partial charge in [0.1, 0.15) is 23.6 Å². The van der Waals surface area contributed by atoms with Gasteiger partial charge in [-0.15, -0.1) is 0 Å². The molecule has 0 aliphatic carbocycles. The number of carbonyl (C=O) groups excluding carboxylic acids is 4. The number of nitrogens with zero attached hydrogens (tertiary/aromatic N) is 2. The molecule has 0 bridgehead atoms. The van der Waals surface area contributed by atoms with Crippen molar-refractivity contribution in [2.45, 2.75) is 38.5 Å². The number of rotatable bonds is 6. The standard InChI is InChI=1S/C25H19F3IN5O5/c1-12(17(10-30)22(36)31-14-4-2-13(3-5-14)25(26,27)28)39-15-8-16-18(19(9-15)33-29)11-34(24(16)38)20-6-7-21(35)32-23(20)37/h2-5,8-9,20,33H,6-7,11H2,1H3,(H,31,36)(H,32,35,37)/b17-12-. The third kappa shape index (κ3) is 5.82. The molecule has 1 fully saturated rings. The van der Waals surface area contributed by atoms with Crippen LogP contribution in [-0.4, -0.2) is 34.6 Å². The molecule has 4 amide bonds. The number of fused-ring (bicyclic) bond motifs is 1. The lowest BCUT2D eigenvalue weighted by molar-refractivity contribution is -0.138. The maximum atomic E-state index is 13.2. The lowest BCUT2D eigenvalue weighted by atomic mass is 10.0. The van der Waals surface area contributed by atoms with Crippen LogP contribution in [0.15, 0.2) is 47.7 Å². The number of anilines is 2. The Morgan fingerprint density at radius 3 is 2.49 bits per heavy atom. The quantitative estimate of drug-likeness (QED) is 0.107. The number of amides is 4. The van der Waals surface area contributed by atoms with Crippen LogP contribution in [0.1, 0.15) is 41.3 Å². The summed E-state index contributed by atoms with van der Waals surface area (Å²) in [5.41, 5.74) is 0.0767. The monoisotopic (exact) mass is 653 g/mol. The van der Waals surface area contributed by atoms with E-state index < -0.39 is 47.0 Å². The fraction of sp³-hybridized carbons (Fsp3) is 0.240. The maximum absolute atomic E-state index is 13.2. The number of carbonyl (C=O) groups is 4. The van der Waals surface area contributed by atoms with E-state index in [1.54, 1.807) is 12.1 Å². The number of hydrogen-bond donors (Lipinski definition) is 3. The normalized spacial score (nSPS) is 17.6. The molecule has 1 atom stereocenters. The predicted octanol–water partition coefficient (Wildman–Crippen LogP) is 4.04. The van der Waals surface area contributed by atoms with Crippen LogP contribution in [0.2, 0.25) is 0 Å². The van der Waals surface area contributed by atoms with Crippen LogP contribution in [0.3, 0.4) is 0 Å². The van der Waals surface area contributed by atoms with Gasteiger partial charge in [0.15, 0.2) is 5.57 Å². The van der Waals surface area contributed by atoms with Crippen LogP contribution in [-0.2, 0) is 27.1 Å². The van der Waals surface area contributed by atoms with E-state index in [0.29, 0.717) is 11.3 Å². The summed E-state index contributed by atoms with van der Waals surface area (Å²) in [5, 5.41) is 14.2. The van der Waals surface area contributed by atoms with Crippen molar-refractivity contribution >= 4 is 57.9 Å². The maximum Gasteiger partial charge on any atom is 0.416 e. The lowest BCUT2D eigenvalue weighted by Crippen LogP contribution is -2.52. The molecule has 2 heterocycles. The second kappa shape index (κ2) is 10.9. The number of allylic oxidation sites excluding steroid dienone is 1. The highest BCUT2D eigenvalue weighted by Crippen LogP contribution is 2.37. The summed E-state index contributed by atoms with van der Waals surface area (Å²) in [6.45, 7) is 1.48. The molecule has 14 heteroatoms. The van der Waals surface area contributed by atoms with Gasteiger partial charge in [0, 0.05) is 30.3 Å². The molecule has 0 saturated carbocycles. The fourth-order valence-electron chi connectivity index (χ4n) is 4.23. The Morgan fingerprint density at radius 2 is 1.90 bits per heavy atom. The van der Waals surface area contributed by atoms with Gasteiger partial charge in [-0.25, -0.2) is 0 Å². The van der Waals surface area contributed by atoms with E-state index in [1.807, 2.05) is 22.9 Å². The number of halogens is 4. The number of nitriles is 1. The van der Waals surface area contributed by atoms with E-state index in [-0.39, 0.29) is 42.1 Å². The molecular weight excluding hydrogens is 634 g/mol. The van der Waals surface area contributed by atoms with E-state index in [1.165, 1.54) is 17.9 Å². The van der Waals surface area contributed by atoms with Crippen molar-refractivity contribution in [1.29, 1.82) is 5.26 Å². The lowest BCUT2D eigenvalue weighted by Gasteiger charge is -2.29. The minimum absolute atomic E-state index is 0.0432. The number of ether oxygens (including phenoxy) is 1. The molecule has 0 aromatic heterocycles. The smallest absolute Gasteiger partial charge is 0.416 e. The molecule has 1 unspecified atom stereocenters. The number of hydrogen-bond acceptors (Lipinski definition) is 7. The van der Waals surface area contributed by atoms with Gasteiger partial charge in [0.2, 0.25) is 11.8 Å². The highest BCUT2D eigenvalue weighted by molar-refractivity contribution is 14.1. The number of piperidine rings is 1. The van der Waals surface area contributed by atoms with Gasteiger partial charge in [-0.3, -0.25) is 24.5 Å². The van der Waals surface area contributed by atoms with E-state index in [2.05, 4.69) is 14.2 Å². The van der Waals surface area contributed by atoms with Crippen molar-refractivity contribution in [1.82, 2.24) is 10.2 Å². The number of benzene rings is 2. The van der Waals surface area contributed by atoms with Crippen LogP contribution >= 0.6 is 22.9 Å². The third-order valence-electron chi connectivity index (χ3n) is 6.16. The summed E-state index contributed by atoms with van der Waals surface area (Å²) in [6.07, 6.45) is -4.23. The van der Waals surface area contributed by atoms with Crippen molar-refractivity contribution in [3.63, 3.8) is 0 Å². The highest BCUT2D eigenvalue weighted by Gasteiger charge is 2.40. The minimum Gasteiger partial charge on any atom is -0.460 e. The first-order valence-electron chi connectivity index (χ1n) is 11.4. The van der Waals surface area contributed by atoms with Gasteiger partial charge >= 0.3 is 6.18 Å². The molecule has 2 aromatic rings. The Bertz CT molecular complexity index is 1450. The molecule has 39 heavy (non-hydrogen) atoms. The van der Waals surface area contributed by atoms with Crippen LogP contribution < -0.4 is 18.9 Å². The second-order valence-electron chi connectivity index (χ2n) is 8.67. The van der Waals surface area contributed by atoms with Gasteiger partial charge < -0.3 is 18.5 Å². The van der Waals surface area contributed by atoms with Crippen LogP contribution in [0.5, 0.6) is 5.75 Å². The van der Waals surface area contributed by atoms with E-state index >= 15 is 0 Å². The first-order valence-corrected chi connectivity index (χ1v) is 12.5. The van der Waals surface area contributed by atoms with E-state index in [0.717, 1.165) is 24.3 Å². The van der Waals surface area contributed by atoms with Gasteiger partial charge in [-0.2, -0.15) is 18.4 Å². The summed E-state index contributed by atoms with van der Waals surface area (Å²) in [7, 11) is 0. The summed E-state index contributed by atoms with van der Waals surface area (Å²) < 4.78 is 47.0. The molecule has 2 aromatic carbocycles. The SMILES string of the molecule is C/C(Oc1cc(NI)c2c(c1)C(=O)N(C1CCC(=O)NC1=O)C2)=C(\C#N)C(=O)Nc1ccc(C(F)(F)F)cc1. The molecule has 4 rings (SSSR count). The molecule has 1 saturated heterocycles. The zero-order chi connectivity index (χ0) is 28.5. The molecule has 0 radical (unpaired) electrons. The number of nitrogens with one attached hydrogen (secondary N) is 3. The molecule has 2 aliphatic heterocycles. The summed E-state index contributed by atoms with van der Waals surface area (Å²) >= 11 is 1.87. The largest absolute Gasteiger partial charge is 0.460 e. The van der Waals surface area contributed by atoms with Gasteiger partial charge in [0.25, 0.3) is 11.8 Å². The van der Waals surface area contributed by atoms with Gasteiger partial charge in [0.05, 0.1) is 39.7 Å².